The lowest BCUT2D eigenvalue weighted by atomic mass is 9.45. The van der Waals surface area contributed by atoms with Gasteiger partial charge in [-0.15, -0.1) is 12.4 Å². The topological polar surface area (TPSA) is 63.3 Å². The molecule has 0 unspecified atom stereocenters. The lowest BCUT2D eigenvalue weighted by molar-refractivity contribution is -0.145. The predicted molar refractivity (Wildman–Crippen MR) is 93.3 cm³/mol. The van der Waals surface area contributed by atoms with Gasteiger partial charge in [-0.1, -0.05) is 13.8 Å². The summed E-state index contributed by atoms with van der Waals surface area (Å²) in [5.74, 6) is 3.19. The Bertz CT molecular complexity index is 498. The van der Waals surface area contributed by atoms with Crippen LogP contribution >= 0.6 is 12.4 Å². The third kappa shape index (κ3) is 2.33. The second kappa shape index (κ2) is 5.71. The number of halogens is 1. The van der Waals surface area contributed by atoms with Gasteiger partial charge in [0.25, 0.3) is 0 Å². The van der Waals surface area contributed by atoms with Crippen molar-refractivity contribution in [3.8, 4) is 0 Å². The molecule has 0 bridgehead atoms. The van der Waals surface area contributed by atoms with Crippen molar-refractivity contribution < 1.29 is 9.90 Å². The number of rotatable bonds is 0. The number of aliphatic hydroxyl groups excluding tert-OH is 1. The van der Waals surface area contributed by atoms with Crippen molar-refractivity contribution in [2.75, 3.05) is 0 Å². The molecule has 0 heterocycles. The van der Waals surface area contributed by atoms with Gasteiger partial charge in [-0.2, -0.15) is 0 Å². The van der Waals surface area contributed by atoms with Crippen LogP contribution in [-0.4, -0.2) is 23.0 Å². The molecule has 0 aromatic carbocycles. The summed E-state index contributed by atoms with van der Waals surface area (Å²) in [7, 11) is 0. The van der Waals surface area contributed by atoms with Crippen molar-refractivity contribution in [1.29, 1.82) is 0 Å². The Kier molecular flexibility index (Phi) is 4.39. The zero-order valence-electron chi connectivity index (χ0n) is 14.5. The number of ketones is 1. The number of Topliss-reactive ketones (excluding diaryl/α,β-unsaturated/α-hetero) is 1. The highest BCUT2D eigenvalue weighted by molar-refractivity contribution is 5.87. The lowest BCUT2D eigenvalue weighted by Gasteiger charge is -2.60. The molecule has 8 atom stereocenters. The fourth-order valence-corrected chi connectivity index (χ4v) is 7.10. The molecule has 4 rings (SSSR count). The Morgan fingerprint density at radius 3 is 2.61 bits per heavy atom. The highest BCUT2D eigenvalue weighted by Crippen LogP contribution is 2.65. The summed E-state index contributed by atoms with van der Waals surface area (Å²) in [6, 6.07) is -0.0310. The smallest absolute Gasteiger partial charge is 0.139 e. The van der Waals surface area contributed by atoms with Crippen LogP contribution in [0.1, 0.15) is 65.2 Å². The number of aliphatic hydroxyl groups is 1. The molecule has 0 saturated heterocycles. The van der Waals surface area contributed by atoms with Crippen LogP contribution in [0.5, 0.6) is 0 Å². The molecular formula is C19H32ClNO2. The van der Waals surface area contributed by atoms with E-state index in [9.17, 15) is 9.90 Å². The van der Waals surface area contributed by atoms with Crippen LogP contribution in [0, 0.1) is 34.5 Å². The van der Waals surface area contributed by atoms with Gasteiger partial charge in [-0.25, -0.2) is 0 Å². The van der Waals surface area contributed by atoms with Crippen molar-refractivity contribution in [2.45, 2.75) is 77.4 Å². The molecule has 0 radical (unpaired) electrons. The van der Waals surface area contributed by atoms with E-state index in [2.05, 4.69) is 13.8 Å². The van der Waals surface area contributed by atoms with Crippen molar-refractivity contribution in [3.05, 3.63) is 0 Å². The molecule has 4 aliphatic rings. The fraction of sp³-hybridized carbons (Fsp3) is 0.947. The number of hydrogen-bond acceptors (Lipinski definition) is 3. The minimum atomic E-state index is -0.335. The predicted octanol–water partition coefficient (Wildman–Crippen LogP) is 3.32. The van der Waals surface area contributed by atoms with E-state index >= 15 is 0 Å². The maximum Gasteiger partial charge on any atom is 0.139 e. The van der Waals surface area contributed by atoms with Crippen LogP contribution < -0.4 is 5.73 Å². The number of fused-ring (bicyclic) bond motifs is 5. The number of hydrogen-bond donors (Lipinski definition) is 2. The maximum absolute atomic E-state index is 12.4. The number of carbonyl (C=O) groups excluding carboxylic acids is 1. The second-order valence-corrected chi connectivity index (χ2v) is 9.25. The standard InChI is InChI=1S/C19H31NO2.ClH/c1-18-8-7-14-12(13(18)5-6-17(18)22)4-3-11-9-15(20)16(21)10-19(11,14)2;/h11-16,21H,3-10,20H2,1-2H3;1H/t11-,12-,13-,14-,15+,16-,18-,19-;/m0./s1. The Balaban J connectivity index is 0.00000156. The summed E-state index contributed by atoms with van der Waals surface area (Å²) in [6.07, 6.45) is 8.22. The molecule has 0 spiro atoms. The van der Waals surface area contributed by atoms with Gasteiger partial charge in [0.2, 0.25) is 0 Å². The van der Waals surface area contributed by atoms with Crippen LogP contribution in [0.2, 0.25) is 0 Å². The van der Waals surface area contributed by atoms with Crippen molar-refractivity contribution in [3.63, 3.8) is 0 Å². The summed E-state index contributed by atoms with van der Waals surface area (Å²) in [5, 5.41) is 10.4. The first-order valence-electron chi connectivity index (χ1n) is 9.33. The maximum atomic E-state index is 12.4. The Morgan fingerprint density at radius 1 is 1.13 bits per heavy atom. The molecule has 0 aromatic heterocycles. The second-order valence-electron chi connectivity index (χ2n) is 9.25. The fourth-order valence-electron chi connectivity index (χ4n) is 7.10. The van der Waals surface area contributed by atoms with E-state index in [1.54, 1.807) is 0 Å². The van der Waals surface area contributed by atoms with Gasteiger partial charge in [-0.3, -0.25) is 4.79 Å². The minimum Gasteiger partial charge on any atom is -0.391 e. The van der Waals surface area contributed by atoms with E-state index in [-0.39, 0.29) is 35.4 Å². The van der Waals surface area contributed by atoms with Crippen LogP contribution in [0.3, 0.4) is 0 Å². The molecule has 3 nitrogen and oxygen atoms in total. The first kappa shape index (κ1) is 17.7. The summed E-state index contributed by atoms with van der Waals surface area (Å²) < 4.78 is 0. The summed E-state index contributed by atoms with van der Waals surface area (Å²) >= 11 is 0. The SMILES string of the molecule is C[C@]12C[C@H](O)[C@H](N)C[C@@H]1CC[C@@H]1[C@@H]2CC[C@]2(C)C(=O)CC[C@@H]12.Cl. The lowest BCUT2D eigenvalue weighted by Crippen LogP contribution is -2.58. The van der Waals surface area contributed by atoms with Crippen LogP contribution in [0.25, 0.3) is 0 Å². The van der Waals surface area contributed by atoms with Gasteiger partial charge in [0.05, 0.1) is 6.10 Å². The average molecular weight is 342 g/mol. The molecule has 4 fully saturated rings. The molecule has 23 heavy (non-hydrogen) atoms. The minimum absolute atomic E-state index is 0. The Hall–Kier alpha value is -0.120. The highest BCUT2D eigenvalue weighted by Gasteiger charge is 2.60. The third-order valence-electron chi connectivity index (χ3n) is 8.47. The van der Waals surface area contributed by atoms with Gasteiger partial charge in [0, 0.05) is 17.9 Å². The van der Waals surface area contributed by atoms with Crippen molar-refractivity contribution >= 4 is 18.2 Å². The number of nitrogens with two attached hydrogens (primary N) is 1. The van der Waals surface area contributed by atoms with Crippen molar-refractivity contribution in [2.24, 2.45) is 40.2 Å². The van der Waals surface area contributed by atoms with Crippen LogP contribution in [0.4, 0.5) is 0 Å². The van der Waals surface area contributed by atoms with E-state index in [0.29, 0.717) is 29.5 Å². The molecule has 0 amide bonds. The van der Waals surface area contributed by atoms with Crippen molar-refractivity contribution in [1.82, 2.24) is 0 Å². The summed E-state index contributed by atoms with van der Waals surface area (Å²) in [6.45, 7) is 4.66. The molecular weight excluding hydrogens is 310 g/mol. The zero-order valence-corrected chi connectivity index (χ0v) is 15.3. The highest BCUT2D eigenvalue weighted by atomic mass is 35.5. The van der Waals surface area contributed by atoms with Gasteiger partial charge in [0.15, 0.2) is 0 Å². The van der Waals surface area contributed by atoms with E-state index in [4.69, 9.17) is 5.73 Å². The monoisotopic (exact) mass is 341 g/mol. The van der Waals surface area contributed by atoms with E-state index in [0.717, 1.165) is 32.1 Å². The Labute approximate surface area is 146 Å². The van der Waals surface area contributed by atoms with Crippen LogP contribution in [-0.2, 0) is 4.79 Å². The van der Waals surface area contributed by atoms with E-state index in [1.165, 1.54) is 19.3 Å². The molecule has 132 valence electrons. The summed E-state index contributed by atoms with van der Waals surface area (Å²) in [4.78, 5) is 12.4. The Morgan fingerprint density at radius 2 is 1.87 bits per heavy atom. The third-order valence-corrected chi connectivity index (χ3v) is 8.47. The van der Waals surface area contributed by atoms with Gasteiger partial charge in [0.1, 0.15) is 5.78 Å². The summed E-state index contributed by atoms with van der Waals surface area (Å²) in [5.41, 5.74) is 6.35. The first-order valence-corrected chi connectivity index (χ1v) is 9.33. The molecule has 3 N–H and O–H groups in total. The van der Waals surface area contributed by atoms with Crippen LogP contribution in [0.15, 0.2) is 0 Å². The average Bonchev–Trinajstić information content (AvgIpc) is 2.77. The quantitative estimate of drug-likeness (QED) is 0.710. The molecule has 0 aliphatic heterocycles. The van der Waals surface area contributed by atoms with Gasteiger partial charge >= 0.3 is 0 Å². The van der Waals surface area contributed by atoms with E-state index in [1.807, 2.05) is 0 Å². The molecule has 4 heteroatoms. The molecule has 4 aliphatic carbocycles. The normalized spacial score (nSPS) is 55.4. The zero-order chi connectivity index (χ0) is 15.7. The molecule has 4 saturated carbocycles. The largest absolute Gasteiger partial charge is 0.391 e. The van der Waals surface area contributed by atoms with E-state index < -0.39 is 0 Å². The molecule has 0 aromatic rings. The number of carbonyl (C=O) groups is 1. The first-order chi connectivity index (χ1) is 10.4. The van der Waals surface area contributed by atoms with Gasteiger partial charge in [-0.05, 0) is 74.0 Å². The van der Waals surface area contributed by atoms with Gasteiger partial charge < -0.3 is 10.8 Å².